The van der Waals surface area contributed by atoms with E-state index >= 15 is 0 Å². The Balaban J connectivity index is 2.09. The van der Waals surface area contributed by atoms with Crippen LogP contribution in [0, 0.1) is 0 Å². The van der Waals surface area contributed by atoms with Gasteiger partial charge in [-0.3, -0.25) is 4.79 Å². The van der Waals surface area contributed by atoms with Gasteiger partial charge in [-0.25, -0.2) is 18.4 Å². The van der Waals surface area contributed by atoms with Gasteiger partial charge in [0.05, 0.1) is 30.2 Å². The average Bonchev–Trinajstić information content (AvgIpc) is 2.67. The van der Waals surface area contributed by atoms with Crippen LogP contribution in [0.25, 0.3) is 0 Å². The van der Waals surface area contributed by atoms with Gasteiger partial charge in [0.25, 0.3) is 0 Å². The van der Waals surface area contributed by atoms with E-state index in [0.29, 0.717) is 15.7 Å². The molecule has 0 spiro atoms. The number of carbonyl (C=O) groups excluding carboxylic acids is 1. The maximum atomic E-state index is 12.3. The molecule has 2 unspecified atom stereocenters. The Bertz CT molecular complexity index is 706. The van der Waals surface area contributed by atoms with Crippen LogP contribution in [0.2, 0.25) is 10.0 Å². The van der Waals surface area contributed by atoms with E-state index in [4.69, 9.17) is 23.2 Å². The molecule has 7 nitrogen and oxygen atoms in total. The number of aliphatic hydroxyl groups is 1. The number of amides is 1. The van der Waals surface area contributed by atoms with Gasteiger partial charge in [0.2, 0.25) is 5.91 Å². The van der Waals surface area contributed by atoms with Crippen LogP contribution in [0.4, 0.5) is 5.69 Å². The quantitative estimate of drug-likeness (QED) is 0.718. The predicted molar refractivity (Wildman–Crippen MR) is 93.9 cm³/mol. The molecule has 2 atom stereocenters. The van der Waals surface area contributed by atoms with Crippen LogP contribution in [0.15, 0.2) is 18.2 Å². The molecule has 1 fully saturated rings. The first-order chi connectivity index (χ1) is 11.1. The third-order valence-electron chi connectivity index (χ3n) is 3.64. The number of hydrazine groups is 1. The largest absolute Gasteiger partial charge is 0.390 e. The molecular weight excluding hydrogens is 377 g/mol. The van der Waals surface area contributed by atoms with E-state index in [0.717, 1.165) is 0 Å². The lowest BCUT2D eigenvalue weighted by atomic mass is 10.2. The standard InChI is InChI=1S/C14H19Cl2N3O4S/c1-18(2)19(12-7-24(22,23)8-13(12)20)6-14(21)17-11-4-9(15)3-10(16)5-11/h3-5,12-13,20H,6-8H2,1-2H3,(H,17,21). The van der Waals surface area contributed by atoms with E-state index in [9.17, 15) is 18.3 Å². The van der Waals surface area contributed by atoms with Crippen LogP contribution in [0.3, 0.4) is 0 Å². The van der Waals surface area contributed by atoms with Gasteiger partial charge >= 0.3 is 0 Å². The minimum atomic E-state index is -3.31. The lowest BCUT2D eigenvalue weighted by molar-refractivity contribution is -0.125. The molecule has 2 N–H and O–H groups in total. The van der Waals surface area contributed by atoms with Crippen molar-refractivity contribution in [2.24, 2.45) is 0 Å². The summed E-state index contributed by atoms with van der Waals surface area (Å²) in [6.07, 6.45) is -1.04. The highest BCUT2D eigenvalue weighted by atomic mass is 35.5. The molecule has 0 radical (unpaired) electrons. The molecule has 0 aromatic heterocycles. The lowest BCUT2D eigenvalue weighted by Gasteiger charge is -2.34. The smallest absolute Gasteiger partial charge is 0.240 e. The summed E-state index contributed by atoms with van der Waals surface area (Å²) < 4.78 is 23.4. The first-order valence-corrected chi connectivity index (χ1v) is 9.73. The summed E-state index contributed by atoms with van der Waals surface area (Å²) in [5.74, 6) is -0.866. The molecule has 1 amide bonds. The van der Waals surface area contributed by atoms with E-state index in [2.05, 4.69) is 5.32 Å². The topological polar surface area (TPSA) is 90.0 Å². The zero-order chi connectivity index (χ0) is 18.1. The second kappa shape index (κ2) is 7.55. The highest BCUT2D eigenvalue weighted by Gasteiger charge is 2.41. The zero-order valence-corrected chi connectivity index (χ0v) is 15.6. The minimum Gasteiger partial charge on any atom is -0.390 e. The Morgan fingerprint density at radius 2 is 1.83 bits per heavy atom. The number of hydrogen-bond donors (Lipinski definition) is 2. The van der Waals surface area contributed by atoms with Crippen molar-refractivity contribution in [3.63, 3.8) is 0 Å². The second-order valence-corrected chi connectivity index (χ2v) is 8.89. The Labute approximate surface area is 151 Å². The minimum absolute atomic E-state index is 0.117. The van der Waals surface area contributed by atoms with Gasteiger partial charge in [0.1, 0.15) is 0 Å². The number of sulfone groups is 1. The fraction of sp³-hybridized carbons (Fsp3) is 0.500. The van der Waals surface area contributed by atoms with Gasteiger partial charge in [-0.05, 0) is 18.2 Å². The normalized spacial score (nSPS) is 23.0. The number of nitrogens with zero attached hydrogens (tertiary/aromatic N) is 2. The molecule has 1 saturated heterocycles. The Kier molecular flexibility index (Phi) is 6.11. The molecule has 0 bridgehead atoms. The summed E-state index contributed by atoms with van der Waals surface area (Å²) in [5.41, 5.74) is 0.441. The fourth-order valence-electron chi connectivity index (χ4n) is 2.62. The number of aliphatic hydroxyl groups excluding tert-OH is 1. The van der Waals surface area contributed by atoms with Gasteiger partial charge in [-0.15, -0.1) is 0 Å². The van der Waals surface area contributed by atoms with Crippen LogP contribution in [-0.4, -0.2) is 73.7 Å². The van der Waals surface area contributed by atoms with Crippen molar-refractivity contribution in [1.29, 1.82) is 0 Å². The van der Waals surface area contributed by atoms with Crippen LogP contribution < -0.4 is 5.32 Å². The van der Waals surface area contributed by atoms with Crippen LogP contribution in [-0.2, 0) is 14.6 Å². The Hall–Kier alpha value is -0.900. The zero-order valence-electron chi connectivity index (χ0n) is 13.2. The molecule has 2 rings (SSSR count). The molecule has 1 aromatic carbocycles. The number of carbonyl (C=O) groups is 1. The third-order valence-corrected chi connectivity index (χ3v) is 5.78. The van der Waals surface area contributed by atoms with Crippen LogP contribution >= 0.6 is 23.2 Å². The third kappa shape index (κ3) is 5.05. The summed E-state index contributed by atoms with van der Waals surface area (Å²) in [4.78, 5) is 12.3. The van der Waals surface area contributed by atoms with Gasteiger partial charge in [0, 0.05) is 29.8 Å². The summed E-state index contributed by atoms with van der Waals surface area (Å²) in [6.45, 7) is -0.117. The molecule has 10 heteroatoms. The van der Waals surface area contributed by atoms with Crippen molar-refractivity contribution >= 4 is 44.6 Å². The van der Waals surface area contributed by atoms with Gasteiger partial charge < -0.3 is 10.4 Å². The van der Waals surface area contributed by atoms with Crippen molar-refractivity contribution in [2.75, 3.05) is 37.5 Å². The van der Waals surface area contributed by atoms with Crippen molar-refractivity contribution < 1.29 is 18.3 Å². The van der Waals surface area contributed by atoms with E-state index in [-0.39, 0.29) is 24.0 Å². The molecule has 1 aliphatic rings. The average molecular weight is 396 g/mol. The molecule has 0 aliphatic carbocycles. The maximum absolute atomic E-state index is 12.3. The summed E-state index contributed by atoms with van der Waals surface area (Å²) in [5, 5.41) is 16.6. The van der Waals surface area contributed by atoms with Gasteiger partial charge in [0.15, 0.2) is 9.84 Å². The summed E-state index contributed by atoms with van der Waals surface area (Å²) in [7, 11) is 0.0494. The predicted octanol–water partition coefficient (Wildman–Crippen LogP) is 0.868. The first-order valence-electron chi connectivity index (χ1n) is 7.16. The molecule has 134 valence electrons. The first kappa shape index (κ1) is 19.4. The van der Waals surface area contributed by atoms with E-state index in [1.807, 2.05) is 0 Å². The number of rotatable bonds is 5. The van der Waals surface area contributed by atoms with Crippen LogP contribution in [0.5, 0.6) is 0 Å². The molecule has 1 heterocycles. The SMILES string of the molecule is CN(C)N(CC(=O)Nc1cc(Cl)cc(Cl)c1)C1CS(=O)(=O)CC1O. The highest BCUT2D eigenvalue weighted by Crippen LogP contribution is 2.23. The van der Waals surface area contributed by atoms with Crippen LogP contribution in [0.1, 0.15) is 0 Å². The number of anilines is 1. The van der Waals surface area contributed by atoms with Crippen molar-refractivity contribution in [3.05, 3.63) is 28.2 Å². The van der Waals surface area contributed by atoms with E-state index in [1.54, 1.807) is 37.3 Å². The summed E-state index contributed by atoms with van der Waals surface area (Å²) >= 11 is 11.8. The molecule has 1 aliphatic heterocycles. The lowest BCUT2D eigenvalue weighted by Crippen LogP contribution is -2.53. The van der Waals surface area contributed by atoms with E-state index < -0.39 is 22.0 Å². The monoisotopic (exact) mass is 395 g/mol. The van der Waals surface area contributed by atoms with E-state index in [1.165, 1.54) is 5.01 Å². The maximum Gasteiger partial charge on any atom is 0.240 e. The number of benzene rings is 1. The van der Waals surface area contributed by atoms with Gasteiger partial charge in [-0.1, -0.05) is 23.2 Å². The van der Waals surface area contributed by atoms with Crippen molar-refractivity contribution in [3.8, 4) is 0 Å². The van der Waals surface area contributed by atoms with Crippen molar-refractivity contribution in [1.82, 2.24) is 10.0 Å². The molecule has 0 saturated carbocycles. The molecule has 1 aromatic rings. The second-order valence-electron chi connectivity index (χ2n) is 5.86. The molecular formula is C14H19Cl2N3O4S. The summed E-state index contributed by atoms with van der Waals surface area (Å²) in [6, 6.07) is 3.99. The highest BCUT2D eigenvalue weighted by molar-refractivity contribution is 7.91. The fourth-order valence-corrected chi connectivity index (χ4v) is 4.94. The Morgan fingerprint density at radius 1 is 1.25 bits per heavy atom. The molecule has 24 heavy (non-hydrogen) atoms. The number of halogens is 2. The number of hydrogen-bond acceptors (Lipinski definition) is 6. The number of nitrogens with one attached hydrogen (secondary N) is 1. The van der Waals surface area contributed by atoms with Crippen molar-refractivity contribution in [2.45, 2.75) is 12.1 Å². The van der Waals surface area contributed by atoms with Gasteiger partial charge in [-0.2, -0.15) is 0 Å². The Morgan fingerprint density at radius 3 is 2.29 bits per heavy atom.